The molecule has 3 heterocycles. The topological polar surface area (TPSA) is 68.0 Å². The summed E-state index contributed by atoms with van der Waals surface area (Å²) in [6.45, 7) is 10.1. The molecular formula is C21H27ClN6O. The lowest BCUT2D eigenvalue weighted by molar-refractivity contribution is 0.0773. The molecule has 2 aromatic heterocycles. The zero-order chi connectivity index (χ0) is 19.7. The molecule has 7 nitrogen and oxygen atoms in total. The molecule has 0 unspecified atom stereocenters. The number of carbonyl (C=O) groups is 1. The van der Waals surface area contributed by atoms with Gasteiger partial charge in [0.1, 0.15) is 5.69 Å². The summed E-state index contributed by atoms with van der Waals surface area (Å²) in [7, 11) is 0. The number of carbonyl (C=O) groups excluding carboxylic acids is 1. The van der Waals surface area contributed by atoms with Crippen LogP contribution in [0.15, 0.2) is 36.7 Å². The second kappa shape index (κ2) is 8.80. The van der Waals surface area contributed by atoms with E-state index in [0.29, 0.717) is 13.1 Å². The molecule has 0 aliphatic carbocycles. The molecule has 0 radical (unpaired) electrons. The fourth-order valence-electron chi connectivity index (χ4n) is 3.74. The van der Waals surface area contributed by atoms with Crippen molar-refractivity contribution in [2.24, 2.45) is 0 Å². The summed E-state index contributed by atoms with van der Waals surface area (Å²) in [5, 5.41) is 8.10. The van der Waals surface area contributed by atoms with E-state index >= 15 is 0 Å². The molecule has 1 aromatic carbocycles. The van der Waals surface area contributed by atoms with Crippen molar-refractivity contribution in [3.05, 3.63) is 53.5 Å². The average Bonchev–Trinajstić information content (AvgIpc) is 3.35. The first kappa shape index (κ1) is 21.1. The number of amides is 1. The lowest BCUT2D eigenvalue weighted by Crippen LogP contribution is -2.30. The van der Waals surface area contributed by atoms with Crippen LogP contribution < -0.4 is 5.32 Å². The number of aryl methyl sites for hydroxylation is 1. The molecule has 8 heteroatoms. The van der Waals surface area contributed by atoms with Gasteiger partial charge in [0.15, 0.2) is 5.82 Å². The molecule has 29 heavy (non-hydrogen) atoms. The van der Waals surface area contributed by atoms with Crippen LogP contribution in [0, 0.1) is 6.92 Å². The minimum atomic E-state index is 0. The highest BCUT2D eigenvalue weighted by Gasteiger charge is 2.18. The van der Waals surface area contributed by atoms with Gasteiger partial charge in [0, 0.05) is 44.1 Å². The third-order valence-corrected chi connectivity index (χ3v) is 5.29. The van der Waals surface area contributed by atoms with E-state index in [0.717, 1.165) is 48.0 Å². The van der Waals surface area contributed by atoms with Crippen LogP contribution in [0.4, 0.5) is 0 Å². The Balaban J connectivity index is 0.00000240. The summed E-state index contributed by atoms with van der Waals surface area (Å²) in [4.78, 5) is 19.0. The number of benzene rings is 1. The Bertz CT molecular complexity index is 981. The van der Waals surface area contributed by atoms with Crippen molar-refractivity contribution in [2.75, 3.05) is 19.6 Å². The van der Waals surface area contributed by atoms with Crippen LogP contribution in [0.5, 0.6) is 0 Å². The Kier molecular flexibility index (Phi) is 6.39. The number of hydrogen-bond acceptors (Lipinski definition) is 4. The smallest absolute Gasteiger partial charge is 0.253 e. The van der Waals surface area contributed by atoms with Crippen molar-refractivity contribution >= 4 is 18.3 Å². The molecule has 0 bridgehead atoms. The third-order valence-electron chi connectivity index (χ3n) is 5.29. The first-order valence-electron chi connectivity index (χ1n) is 9.83. The summed E-state index contributed by atoms with van der Waals surface area (Å²) in [5.74, 6) is 0.882. The minimum absolute atomic E-state index is 0. The summed E-state index contributed by atoms with van der Waals surface area (Å²) < 4.78 is 4.09. The Morgan fingerprint density at radius 1 is 1.24 bits per heavy atom. The lowest BCUT2D eigenvalue weighted by atomic mass is 10.1. The van der Waals surface area contributed by atoms with Crippen LogP contribution in [-0.4, -0.2) is 49.8 Å². The standard InChI is InChI=1S/C21H26N6O.ClH/c1-4-25(5-2)21(28)16-6-7-19(15(3)12-16)26-10-9-23-20(26)18-13-17-14-22-8-11-27(17)24-18;/h6-7,9-10,12-13,22H,4-5,8,11,14H2,1-3H3;1H. The minimum Gasteiger partial charge on any atom is -0.339 e. The first-order valence-corrected chi connectivity index (χ1v) is 9.83. The number of nitrogens with zero attached hydrogens (tertiary/aromatic N) is 5. The molecule has 1 amide bonds. The second-order valence-corrected chi connectivity index (χ2v) is 7.02. The monoisotopic (exact) mass is 414 g/mol. The van der Waals surface area contributed by atoms with Crippen molar-refractivity contribution in [2.45, 2.75) is 33.9 Å². The number of nitrogens with one attached hydrogen (secondary N) is 1. The van der Waals surface area contributed by atoms with E-state index < -0.39 is 0 Å². The summed E-state index contributed by atoms with van der Waals surface area (Å²) in [6, 6.07) is 7.95. The predicted molar refractivity (Wildman–Crippen MR) is 116 cm³/mol. The number of imidazole rings is 1. The van der Waals surface area contributed by atoms with E-state index in [9.17, 15) is 4.79 Å². The number of aromatic nitrogens is 4. The van der Waals surface area contributed by atoms with Crippen LogP contribution in [0.3, 0.4) is 0 Å². The average molecular weight is 415 g/mol. The Morgan fingerprint density at radius 2 is 2.03 bits per heavy atom. The predicted octanol–water partition coefficient (Wildman–Crippen LogP) is 3.05. The summed E-state index contributed by atoms with van der Waals surface area (Å²) >= 11 is 0. The lowest BCUT2D eigenvalue weighted by Gasteiger charge is -2.19. The Labute approximate surface area is 177 Å². The SMILES string of the molecule is CCN(CC)C(=O)c1ccc(-n2ccnc2-c2cc3n(n2)CCNC3)c(C)c1.Cl. The normalized spacial score (nSPS) is 12.9. The van der Waals surface area contributed by atoms with Gasteiger partial charge in [-0.05, 0) is 50.6 Å². The maximum Gasteiger partial charge on any atom is 0.253 e. The van der Waals surface area contributed by atoms with Gasteiger partial charge in [0.05, 0.1) is 17.9 Å². The van der Waals surface area contributed by atoms with Crippen LogP contribution >= 0.6 is 12.4 Å². The van der Waals surface area contributed by atoms with E-state index in [-0.39, 0.29) is 18.3 Å². The molecule has 0 atom stereocenters. The molecule has 0 saturated carbocycles. The first-order chi connectivity index (χ1) is 13.6. The molecule has 0 spiro atoms. The highest BCUT2D eigenvalue weighted by Crippen LogP contribution is 2.25. The van der Waals surface area contributed by atoms with Gasteiger partial charge in [-0.2, -0.15) is 5.10 Å². The van der Waals surface area contributed by atoms with E-state index in [1.807, 2.05) is 59.3 Å². The fraction of sp³-hybridized carbons (Fsp3) is 0.381. The third kappa shape index (κ3) is 3.93. The quantitative estimate of drug-likeness (QED) is 0.696. The van der Waals surface area contributed by atoms with E-state index in [1.165, 1.54) is 5.69 Å². The largest absolute Gasteiger partial charge is 0.339 e. The molecule has 1 aliphatic rings. The number of fused-ring (bicyclic) bond motifs is 1. The van der Waals surface area contributed by atoms with Crippen molar-refractivity contribution in [1.29, 1.82) is 0 Å². The van der Waals surface area contributed by atoms with Crippen molar-refractivity contribution in [3.63, 3.8) is 0 Å². The van der Waals surface area contributed by atoms with Gasteiger partial charge in [0.25, 0.3) is 5.91 Å². The maximum absolute atomic E-state index is 12.6. The summed E-state index contributed by atoms with van der Waals surface area (Å²) in [6.07, 6.45) is 3.74. The van der Waals surface area contributed by atoms with Gasteiger partial charge >= 0.3 is 0 Å². The van der Waals surface area contributed by atoms with Gasteiger partial charge in [-0.25, -0.2) is 4.98 Å². The van der Waals surface area contributed by atoms with Crippen LogP contribution in [0.1, 0.15) is 35.5 Å². The highest BCUT2D eigenvalue weighted by atomic mass is 35.5. The summed E-state index contributed by atoms with van der Waals surface area (Å²) in [5.41, 5.74) is 4.80. The van der Waals surface area contributed by atoms with Gasteiger partial charge in [-0.1, -0.05) is 0 Å². The van der Waals surface area contributed by atoms with Gasteiger partial charge in [-0.3, -0.25) is 14.0 Å². The fourth-order valence-corrected chi connectivity index (χ4v) is 3.74. The van der Waals surface area contributed by atoms with E-state index in [1.54, 1.807) is 6.20 Å². The number of halogens is 1. The van der Waals surface area contributed by atoms with Crippen LogP contribution in [0.25, 0.3) is 17.2 Å². The van der Waals surface area contributed by atoms with Gasteiger partial charge in [0.2, 0.25) is 0 Å². The van der Waals surface area contributed by atoms with Crippen molar-refractivity contribution in [1.82, 2.24) is 29.5 Å². The maximum atomic E-state index is 12.6. The molecule has 1 aliphatic heterocycles. The van der Waals surface area contributed by atoms with Crippen LogP contribution in [0.2, 0.25) is 0 Å². The molecule has 3 aromatic rings. The zero-order valence-corrected chi connectivity index (χ0v) is 17.9. The molecule has 1 N–H and O–H groups in total. The van der Waals surface area contributed by atoms with Crippen molar-refractivity contribution in [3.8, 4) is 17.2 Å². The Morgan fingerprint density at radius 3 is 2.72 bits per heavy atom. The Hall–Kier alpha value is -2.64. The number of rotatable bonds is 5. The molecule has 4 rings (SSSR count). The van der Waals surface area contributed by atoms with E-state index in [2.05, 4.69) is 16.4 Å². The second-order valence-electron chi connectivity index (χ2n) is 7.02. The zero-order valence-electron chi connectivity index (χ0n) is 17.1. The van der Waals surface area contributed by atoms with Gasteiger partial charge < -0.3 is 10.2 Å². The van der Waals surface area contributed by atoms with Crippen molar-refractivity contribution < 1.29 is 4.79 Å². The van der Waals surface area contributed by atoms with Crippen LogP contribution in [-0.2, 0) is 13.1 Å². The molecular weight excluding hydrogens is 388 g/mol. The van der Waals surface area contributed by atoms with E-state index in [4.69, 9.17) is 5.10 Å². The van der Waals surface area contributed by atoms with Gasteiger partial charge in [-0.15, -0.1) is 12.4 Å². The highest BCUT2D eigenvalue weighted by molar-refractivity contribution is 5.94. The molecule has 154 valence electrons. The molecule has 0 saturated heterocycles. The molecule has 0 fully saturated rings. The number of hydrogen-bond donors (Lipinski definition) is 1.